The van der Waals surface area contributed by atoms with Gasteiger partial charge in [-0.05, 0) is 93.9 Å². The third kappa shape index (κ3) is 14.5. The number of carbonyl (C=O) groups excluding carboxylic acids is 3. The molecule has 0 unspecified atom stereocenters. The van der Waals surface area contributed by atoms with E-state index in [0.717, 1.165) is 12.7 Å². The molecule has 0 bridgehead atoms. The Labute approximate surface area is 374 Å². The molecule has 17 heteroatoms. The largest absolute Gasteiger partial charge is 0.462 e. The van der Waals surface area contributed by atoms with E-state index in [1.54, 1.807) is 46.7 Å². The maximum absolute atomic E-state index is 13.5. The van der Waals surface area contributed by atoms with Crippen LogP contribution in [0.25, 0.3) is 0 Å². The summed E-state index contributed by atoms with van der Waals surface area (Å²) in [7, 11) is 9.04. The van der Waals surface area contributed by atoms with Crippen molar-refractivity contribution in [1.82, 2.24) is 9.80 Å². The molecule has 0 aromatic carbocycles. The fourth-order valence-corrected chi connectivity index (χ4v) is 9.44. The van der Waals surface area contributed by atoms with Gasteiger partial charge in [-0.25, -0.2) is 0 Å². The average Bonchev–Trinajstić information content (AvgIpc) is 3.19. The Balaban J connectivity index is 1.74. The average molecular weight is 899 g/mol. The standard InChI is InChI=1S/C46H78N2O15/c1-13-35(50)60-34-24-36(51)56-27(3)17-15-14-16-18-33(61-37-20-19-32(47(8)9)28(4)57-37)26(2)23-31(21-22-49)42(43(34)55-12)63-45-40(52)39(48(10)11)41(29(5)59-45)62-38-25-46(7,54)44(53)30(6)58-38/h14-16,18,22,26-34,37-45,52-54H,13,17,19-21,23-25H2,1-12H3/b15-14+,18-16+/t26-,27-,28-,29+,30+,31+,32+,33+,34-,37-,38+,39+,40+,41+,42+,43+,44+,45-,46-/m1/s1. The molecule has 3 saturated heterocycles. The van der Waals surface area contributed by atoms with E-state index in [0.29, 0.717) is 19.3 Å². The number of aliphatic hydroxyl groups is 3. The molecule has 4 aliphatic heterocycles. The third-order valence-corrected chi connectivity index (χ3v) is 12.9. The van der Waals surface area contributed by atoms with Crippen molar-refractivity contribution in [2.45, 2.75) is 204 Å². The predicted octanol–water partition coefficient (Wildman–Crippen LogP) is 3.29. The Hall–Kier alpha value is -2.39. The van der Waals surface area contributed by atoms with Crippen molar-refractivity contribution in [3.63, 3.8) is 0 Å². The number of aliphatic hydroxyl groups excluding tert-OH is 2. The summed E-state index contributed by atoms with van der Waals surface area (Å²) in [5, 5.41) is 33.7. The molecule has 3 N–H and O–H groups in total. The molecule has 4 heterocycles. The van der Waals surface area contributed by atoms with Crippen LogP contribution in [-0.2, 0) is 57.0 Å². The normalized spacial score (nSPS) is 43.5. The van der Waals surface area contributed by atoms with Crippen LogP contribution in [0.3, 0.4) is 0 Å². The first-order chi connectivity index (χ1) is 29.7. The minimum atomic E-state index is -1.49. The lowest BCUT2D eigenvalue weighted by atomic mass is 9.82. The molecule has 0 saturated carbocycles. The van der Waals surface area contributed by atoms with Crippen molar-refractivity contribution >= 4 is 18.2 Å². The molecule has 0 aliphatic carbocycles. The minimum Gasteiger partial charge on any atom is -0.462 e. The third-order valence-electron chi connectivity index (χ3n) is 12.9. The summed E-state index contributed by atoms with van der Waals surface area (Å²) in [5.41, 5.74) is -1.49. The minimum absolute atomic E-state index is 0.0117. The number of methoxy groups -OCH3 is 1. The van der Waals surface area contributed by atoms with Gasteiger partial charge in [-0.2, -0.15) is 0 Å². The number of aldehydes is 1. The topological polar surface area (TPSA) is 201 Å². The van der Waals surface area contributed by atoms with Gasteiger partial charge in [-0.15, -0.1) is 0 Å². The van der Waals surface area contributed by atoms with Gasteiger partial charge in [0.2, 0.25) is 0 Å². The first-order valence-electron chi connectivity index (χ1n) is 22.7. The molecule has 17 nitrogen and oxygen atoms in total. The Morgan fingerprint density at radius 1 is 0.905 bits per heavy atom. The fourth-order valence-electron chi connectivity index (χ4n) is 9.44. The number of rotatable bonds is 13. The van der Waals surface area contributed by atoms with Crippen LogP contribution in [0.2, 0.25) is 0 Å². The fraction of sp³-hybridized carbons (Fsp3) is 0.848. The number of cyclic esters (lactones) is 1. The summed E-state index contributed by atoms with van der Waals surface area (Å²) in [6, 6.07) is -0.510. The van der Waals surface area contributed by atoms with Crippen molar-refractivity contribution in [1.29, 1.82) is 0 Å². The van der Waals surface area contributed by atoms with Crippen LogP contribution in [0.5, 0.6) is 0 Å². The highest BCUT2D eigenvalue weighted by Crippen LogP contribution is 2.38. The number of allylic oxidation sites excluding steroid dienone is 2. The number of esters is 2. The van der Waals surface area contributed by atoms with E-state index >= 15 is 0 Å². The number of hydrogen-bond acceptors (Lipinski definition) is 17. The van der Waals surface area contributed by atoms with Gasteiger partial charge in [-0.1, -0.05) is 38.2 Å². The molecular formula is C46H78N2O15. The van der Waals surface area contributed by atoms with Gasteiger partial charge in [0.15, 0.2) is 18.9 Å². The van der Waals surface area contributed by atoms with E-state index < -0.39 is 109 Å². The van der Waals surface area contributed by atoms with Gasteiger partial charge < -0.3 is 72.5 Å². The number of ether oxygens (including phenoxy) is 9. The van der Waals surface area contributed by atoms with E-state index in [1.165, 1.54) is 14.0 Å². The molecule has 63 heavy (non-hydrogen) atoms. The highest BCUT2D eigenvalue weighted by atomic mass is 16.7. The van der Waals surface area contributed by atoms with Crippen molar-refractivity contribution in [2.24, 2.45) is 11.8 Å². The highest BCUT2D eigenvalue weighted by molar-refractivity contribution is 5.72. The molecule has 4 aliphatic rings. The summed E-state index contributed by atoms with van der Waals surface area (Å²) in [6.07, 6.45) is -1.76. The van der Waals surface area contributed by atoms with Gasteiger partial charge in [-0.3, -0.25) is 9.59 Å². The summed E-state index contributed by atoms with van der Waals surface area (Å²) >= 11 is 0. The Morgan fingerprint density at radius 2 is 1.60 bits per heavy atom. The first-order valence-corrected chi connectivity index (χ1v) is 22.7. The molecule has 0 aromatic heterocycles. The zero-order chi connectivity index (χ0) is 46.8. The second-order valence-corrected chi connectivity index (χ2v) is 18.6. The maximum Gasteiger partial charge on any atom is 0.309 e. The summed E-state index contributed by atoms with van der Waals surface area (Å²) in [6.45, 7) is 12.4. The summed E-state index contributed by atoms with van der Waals surface area (Å²) < 4.78 is 56.7. The Kier molecular flexibility index (Phi) is 20.6. The number of carbonyl (C=O) groups is 3. The van der Waals surface area contributed by atoms with Crippen molar-refractivity contribution in [2.75, 3.05) is 35.3 Å². The highest BCUT2D eigenvalue weighted by Gasteiger charge is 2.52. The lowest BCUT2D eigenvalue weighted by molar-refractivity contribution is -0.344. The molecule has 19 atom stereocenters. The lowest BCUT2D eigenvalue weighted by Gasteiger charge is -2.50. The molecule has 0 spiro atoms. The summed E-state index contributed by atoms with van der Waals surface area (Å²) in [4.78, 5) is 43.2. The monoisotopic (exact) mass is 899 g/mol. The molecule has 0 radical (unpaired) electrons. The van der Waals surface area contributed by atoms with Crippen LogP contribution < -0.4 is 0 Å². The Bertz CT molecular complexity index is 1490. The van der Waals surface area contributed by atoms with E-state index in [4.69, 9.17) is 42.6 Å². The molecule has 0 amide bonds. The molecule has 0 aromatic rings. The predicted molar refractivity (Wildman–Crippen MR) is 231 cm³/mol. The van der Waals surface area contributed by atoms with Crippen LogP contribution in [0, 0.1) is 11.8 Å². The van der Waals surface area contributed by atoms with Crippen molar-refractivity contribution in [3.05, 3.63) is 24.3 Å². The Morgan fingerprint density at radius 3 is 2.21 bits per heavy atom. The number of likely N-dealkylation sites (N-methyl/N-ethyl adjacent to an activating group) is 2. The van der Waals surface area contributed by atoms with Gasteiger partial charge in [0.25, 0.3) is 0 Å². The van der Waals surface area contributed by atoms with Gasteiger partial charge >= 0.3 is 11.9 Å². The van der Waals surface area contributed by atoms with E-state index in [-0.39, 0.29) is 43.7 Å². The van der Waals surface area contributed by atoms with E-state index in [1.807, 2.05) is 52.2 Å². The SMILES string of the molecule is CCC(=O)O[C@@H]1CC(=O)O[C@H](C)C/C=C/C=C/[C@H](O[C@@H]2CC[C@H](N(C)C)[C@@H](C)O2)[C@H](C)C[C@H](CC=O)[C@H](O[C@H]2O[C@@H](C)[C@H](O[C@H]3C[C@@](C)(O)[C@@H](O)[C@H](C)O3)[C@@H](N(C)C)[C@@H]2O)[C@H]1OC. The first kappa shape index (κ1) is 53.2. The molecule has 362 valence electrons. The quantitative estimate of drug-likeness (QED) is 0.180. The molecule has 3 fully saturated rings. The molecule has 4 rings (SSSR count). The van der Waals surface area contributed by atoms with Crippen LogP contribution in [0.15, 0.2) is 24.3 Å². The zero-order valence-corrected chi connectivity index (χ0v) is 39.6. The molecular weight excluding hydrogens is 821 g/mol. The van der Waals surface area contributed by atoms with Crippen LogP contribution in [-0.4, -0.2) is 182 Å². The second-order valence-electron chi connectivity index (χ2n) is 18.6. The van der Waals surface area contributed by atoms with Crippen molar-refractivity contribution < 1.29 is 72.3 Å². The van der Waals surface area contributed by atoms with Gasteiger partial charge in [0, 0.05) is 38.8 Å². The lowest BCUT2D eigenvalue weighted by Crippen LogP contribution is -2.65. The maximum atomic E-state index is 13.5. The van der Waals surface area contributed by atoms with E-state index in [9.17, 15) is 29.7 Å². The van der Waals surface area contributed by atoms with Crippen LogP contribution in [0.4, 0.5) is 0 Å². The zero-order valence-electron chi connectivity index (χ0n) is 39.6. The smallest absolute Gasteiger partial charge is 0.309 e. The van der Waals surface area contributed by atoms with E-state index in [2.05, 4.69) is 4.90 Å². The van der Waals surface area contributed by atoms with Crippen LogP contribution >= 0.6 is 0 Å². The second kappa shape index (κ2) is 24.4. The van der Waals surface area contributed by atoms with Gasteiger partial charge in [0.1, 0.15) is 42.9 Å². The number of nitrogens with zero attached hydrogens (tertiary/aromatic N) is 2. The van der Waals surface area contributed by atoms with Gasteiger partial charge in [0.05, 0.1) is 48.6 Å². The summed E-state index contributed by atoms with van der Waals surface area (Å²) in [5.74, 6) is -2.12. The van der Waals surface area contributed by atoms with Crippen LogP contribution in [0.1, 0.15) is 99.8 Å². The number of hydrogen-bond donors (Lipinski definition) is 3. The van der Waals surface area contributed by atoms with Crippen molar-refractivity contribution in [3.8, 4) is 0 Å².